The average molecular weight is 325 g/mol. The van der Waals surface area contributed by atoms with Crippen molar-refractivity contribution < 1.29 is 14.3 Å². The monoisotopic (exact) mass is 325 g/mol. The first-order chi connectivity index (χ1) is 11.7. The average Bonchev–Trinajstić information content (AvgIpc) is 2.97. The Hall–Kier alpha value is -3.02. The van der Waals surface area contributed by atoms with E-state index in [0.29, 0.717) is 29.6 Å². The van der Waals surface area contributed by atoms with Crippen LogP contribution < -0.4 is 14.8 Å². The summed E-state index contributed by atoms with van der Waals surface area (Å²) in [5, 5.41) is 2.87. The fourth-order valence-electron chi connectivity index (χ4n) is 2.65. The quantitative estimate of drug-likeness (QED) is 0.781. The molecule has 1 heterocycles. The van der Waals surface area contributed by atoms with Crippen molar-refractivity contribution in [3.05, 3.63) is 48.0 Å². The van der Waals surface area contributed by atoms with Crippen LogP contribution in [-0.4, -0.2) is 29.7 Å². The highest BCUT2D eigenvalue weighted by Gasteiger charge is 2.17. The van der Waals surface area contributed by atoms with Gasteiger partial charge in [0.15, 0.2) is 0 Å². The lowest BCUT2D eigenvalue weighted by molar-refractivity contribution is 0.102. The topological polar surface area (TPSA) is 65.4 Å². The van der Waals surface area contributed by atoms with Crippen molar-refractivity contribution in [2.75, 3.05) is 19.5 Å². The van der Waals surface area contributed by atoms with Gasteiger partial charge in [-0.3, -0.25) is 10.1 Å². The molecular formula is C18H19N3O3. The van der Waals surface area contributed by atoms with Crippen molar-refractivity contribution in [3.8, 4) is 11.5 Å². The van der Waals surface area contributed by atoms with Gasteiger partial charge in [-0.25, -0.2) is 4.98 Å². The van der Waals surface area contributed by atoms with Crippen molar-refractivity contribution in [2.45, 2.75) is 13.5 Å². The Morgan fingerprint density at radius 3 is 2.67 bits per heavy atom. The Labute approximate surface area is 140 Å². The summed E-state index contributed by atoms with van der Waals surface area (Å²) < 4.78 is 12.4. The van der Waals surface area contributed by atoms with Gasteiger partial charge in [0.1, 0.15) is 11.5 Å². The number of anilines is 1. The Morgan fingerprint density at radius 2 is 1.96 bits per heavy atom. The third-order valence-corrected chi connectivity index (χ3v) is 3.85. The Balaban J connectivity index is 1.95. The fraction of sp³-hybridized carbons (Fsp3) is 0.222. The molecule has 0 aliphatic rings. The van der Waals surface area contributed by atoms with Crippen LogP contribution in [0.1, 0.15) is 17.3 Å². The first-order valence-corrected chi connectivity index (χ1v) is 7.66. The van der Waals surface area contributed by atoms with E-state index in [-0.39, 0.29) is 5.91 Å². The molecule has 24 heavy (non-hydrogen) atoms. The number of amides is 1. The van der Waals surface area contributed by atoms with Crippen LogP contribution in [0.15, 0.2) is 42.5 Å². The number of benzene rings is 2. The summed E-state index contributed by atoms with van der Waals surface area (Å²) in [5.41, 5.74) is 2.25. The summed E-state index contributed by atoms with van der Waals surface area (Å²) >= 11 is 0. The van der Waals surface area contributed by atoms with E-state index in [1.54, 1.807) is 25.3 Å². The number of aryl methyl sites for hydroxylation is 1. The number of ether oxygens (including phenoxy) is 2. The van der Waals surface area contributed by atoms with E-state index in [0.717, 1.165) is 11.0 Å². The van der Waals surface area contributed by atoms with Gasteiger partial charge in [0.2, 0.25) is 5.95 Å². The van der Waals surface area contributed by atoms with E-state index >= 15 is 0 Å². The maximum Gasteiger partial charge on any atom is 0.261 e. The molecule has 0 unspecified atom stereocenters. The SMILES string of the molecule is CCn1c(NC(=O)c2ccc(OC)cc2OC)nc2ccccc21. The van der Waals surface area contributed by atoms with Crippen LogP contribution in [0.4, 0.5) is 5.95 Å². The van der Waals surface area contributed by atoms with Crippen LogP contribution in [0.3, 0.4) is 0 Å². The first kappa shape index (κ1) is 15.9. The molecule has 0 saturated heterocycles. The number of hydrogen-bond acceptors (Lipinski definition) is 4. The molecule has 2 aromatic carbocycles. The van der Waals surface area contributed by atoms with Crippen molar-refractivity contribution in [1.29, 1.82) is 0 Å². The van der Waals surface area contributed by atoms with Gasteiger partial charge in [0.05, 0.1) is 30.8 Å². The second kappa shape index (κ2) is 6.62. The van der Waals surface area contributed by atoms with E-state index in [9.17, 15) is 4.79 Å². The highest BCUT2D eigenvalue weighted by molar-refractivity contribution is 6.06. The third kappa shape index (κ3) is 2.78. The van der Waals surface area contributed by atoms with Gasteiger partial charge in [-0.15, -0.1) is 0 Å². The van der Waals surface area contributed by atoms with Crippen molar-refractivity contribution >= 4 is 22.9 Å². The van der Waals surface area contributed by atoms with E-state index in [1.807, 2.05) is 35.8 Å². The Morgan fingerprint density at radius 1 is 1.17 bits per heavy atom. The number of hydrogen-bond donors (Lipinski definition) is 1. The minimum atomic E-state index is -0.278. The molecule has 1 aromatic heterocycles. The summed E-state index contributed by atoms with van der Waals surface area (Å²) in [5.74, 6) is 1.32. The second-order valence-electron chi connectivity index (χ2n) is 5.19. The predicted molar refractivity (Wildman–Crippen MR) is 92.9 cm³/mol. The second-order valence-corrected chi connectivity index (χ2v) is 5.19. The summed E-state index contributed by atoms with van der Waals surface area (Å²) in [7, 11) is 3.09. The fourth-order valence-corrected chi connectivity index (χ4v) is 2.65. The van der Waals surface area contributed by atoms with Crippen LogP contribution in [0, 0.1) is 0 Å². The largest absolute Gasteiger partial charge is 0.497 e. The van der Waals surface area contributed by atoms with Gasteiger partial charge in [-0.1, -0.05) is 12.1 Å². The molecule has 0 radical (unpaired) electrons. The van der Waals surface area contributed by atoms with E-state index < -0.39 is 0 Å². The maximum absolute atomic E-state index is 12.7. The first-order valence-electron chi connectivity index (χ1n) is 7.66. The predicted octanol–water partition coefficient (Wildman–Crippen LogP) is 3.33. The Kier molecular flexibility index (Phi) is 4.37. The minimum Gasteiger partial charge on any atom is -0.497 e. The van der Waals surface area contributed by atoms with Gasteiger partial charge in [0, 0.05) is 12.6 Å². The molecule has 3 rings (SSSR count). The summed E-state index contributed by atoms with van der Waals surface area (Å²) in [4.78, 5) is 17.2. The molecule has 6 nitrogen and oxygen atoms in total. The number of nitrogens with zero attached hydrogens (tertiary/aromatic N) is 2. The van der Waals surface area contributed by atoms with E-state index in [1.165, 1.54) is 7.11 Å². The highest BCUT2D eigenvalue weighted by Crippen LogP contribution is 2.26. The minimum absolute atomic E-state index is 0.278. The lowest BCUT2D eigenvalue weighted by Gasteiger charge is -2.11. The third-order valence-electron chi connectivity index (χ3n) is 3.85. The molecular weight excluding hydrogens is 306 g/mol. The number of imidazole rings is 1. The number of carbonyl (C=O) groups is 1. The zero-order valence-electron chi connectivity index (χ0n) is 13.9. The summed E-state index contributed by atoms with van der Waals surface area (Å²) in [6.45, 7) is 2.72. The van der Waals surface area contributed by atoms with Gasteiger partial charge in [0.25, 0.3) is 5.91 Å². The molecule has 0 bridgehead atoms. The highest BCUT2D eigenvalue weighted by atomic mass is 16.5. The molecule has 124 valence electrons. The number of carbonyl (C=O) groups excluding carboxylic acids is 1. The molecule has 0 saturated carbocycles. The van der Waals surface area contributed by atoms with Crippen LogP contribution in [0.25, 0.3) is 11.0 Å². The summed E-state index contributed by atoms with van der Waals surface area (Å²) in [6.07, 6.45) is 0. The lowest BCUT2D eigenvalue weighted by Crippen LogP contribution is -2.16. The molecule has 0 atom stereocenters. The number of fused-ring (bicyclic) bond motifs is 1. The normalized spacial score (nSPS) is 10.6. The zero-order valence-corrected chi connectivity index (χ0v) is 13.9. The van der Waals surface area contributed by atoms with E-state index in [4.69, 9.17) is 9.47 Å². The number of rotatable bonds is 5. The van der Waals surface area contributed by atoms with Crippen LogP contribution in [0.2, 0.25) is 0 Å². The van der Waals surface area contributed by atoms with Crippen LogP contribution in [0.5, 0.6) is 11.5 Å². The van der Waals surface area contributed by atoms with Gasteiger partial charge in [-0.05, 0) is 31.2 Å². The smallest absolute Gasteiger partial charge is 0.261 e. The molecule has 0 aliphatic heterocycles. The molecule has 1 amide bonds. The van der Waals surface area contributed by atoms with Gasteiger partial charge >= 0.3 is 0 Å². The van der Waals surface area contributed by atoms with Gasteiger partial charge in [-0.2, -0.15) is 0 Å². The Bertz CT molecular complexity index is 886. The maximum atomic E-state index is 12.7. The molecule has 1 N–H and O–H groups in total. The van der Waals surface area contributed by atoms with Gasteiger partial charge < -0.3 is 14.0 Å². The number of nitrogens with one attached hydrogen (secondary N) is 1. The lowest BCUT2D eigenvalue weighted by atomic mass is 10.2. The molecule has 0 aliphatic carbocycles. The standard InChI is InChI=1S/C18H19N3O3/c1-4-21-15-8-6-5-7-14(15)19-18(21)20-17(22)13-10-9-12(23-2)11-16(13)24-3/h5-11H,4H2,1-3H3,(H,19,20,22). The summed E-state index contributed by atoms with van der Waals surface area (Å²) in [6, 6.07) is 12.9. The zero-order chi connectivity index (χ0) is 17.1. The number of aromatic nitrogens is 2. The van der Waals surface area contributed by atoms with Crippen molar-refractivity contribution in [2.24, 2.45) is 0 Å². The van der Waals surface area contributed by atoms with Crippen LogP contribution in [-0.2, 0) is 6.54 Å². The van der Waals surface area contributed by atoms with Crippen molar-refractivity contribution in [3.63, 3.8) is 0 Å². The molecule has 0 fully saturated rings. The number of para-hydroxylation sites is 2. The molecule has 6 heteroatoms. The van der Waals surface area contributed by atoms with Crippen LogP contribution >= 0.6 is 0 Å². The molecule has 0 spiro atoms. The molecule has 3 aromatic rings. The number of methoxy groups -OCH3 is 2. The van der Waals surface area contributed by atoms with E-state index in [2.05, 4.69) is 10.3 Å². The van der Waals surface area contributed by atoms with Crippen molar-refractivity contribution in [1.82, 2.24) is 9.55 Å².